The first-order valence-electron chi connectivity index (χ1n) is 6.76. The third-order valence-corrected chi connectivity index (χ3v) is 6.04. The van der Waals surface area contributed by atoms with E-state index in [1.165, 1.54) is 24.2 Å². The third kappa shape index (κ3) is 3.80. The number of aliphatic hydroxyl groups is 1. The van der Waals surface area contributed by atoms with Gasteiger partial charge in [-0.2, -0.15) is 0 Å². The molecule has 1 aliphatic carbocycles. The summed E-state index contributed by atoms with van der Waals surface area (Å²) >= 11 is 4.91. The minimum absolute atomic E-state index is 0.000985. The van der Waals surface area contributed by atoms with Gasteiger partial charge >= 0.3 is 0 Å². The Morgan fingerprint density at radius 1 is 1.47 bits per heavy atom. The third-order valence-electron chi connectivity index (χ3n) is 3.91. The lowest BCUT2D eigenvalue weighted by atomic mass is 9.79. The molecule has 0 bridgehead atoms. The number of aliphatic hydroxyl groups excluding tert-OH is 1. The lowest BCUT2D eigenvalue weighted by Gasteiger charge is -2.30. The second-order valence-electron chi connectivity index (χ2n) is 5.26. The molecule has 1 fully saturated rings. The second-order valence-corrected chi connectivity index (χ2v) is 7.63. The Kier molecular flexibility index (Phi) is 5.42. The molecule has 2 N–H and O–H groups in total. The molecule has 1 amide bonds. The summed E-state index contributed by atoms with van der Waals surface area (Å²) in [5, 5.41) is 12.4. The molecule has 0 saturated heterocycles. The monoisotopic (exact) mass is 345 g/mol. The number of thiophene rings is 1. The number of hydrogen-bond donors (Lipinski definition) is 2. The number of hydrogen-bond acceptors (Lipinski definition) is 3. The second kappa shape index (κ2) is 6.86. The van der Waals surface area contributed by atoms with Crippen LogP contribution in [0.4, 0.5) is 0 Å². The Bertz CT molecular complexity index is 427. The number of amides is 1. The fraction of sp³-hybridized carbons (Fsp3) is 0.643. The van der Waals surface area contributed by atoms with E-state index in [9.17, 15) is 9.90 Å². The minimum Gasteiger partial charge on any atom is -0.396 e. The first-order chi connectivity index (χ1) is 9.11. The molecule has 0 aromatic carbocycles. The molecule has 1 saturated carbocycles. The van der Waals surface area contributed by atoms with E-state index in [0.29, 0.717) is 18.4 Å². The van der Waals surface area contributed by atoms with Gasteiger partial charge in [-0.15, -0.1) is 11.3 Å². The van der Waals surface area contributed by atoms with Crippen molar-refractivity contribution in [1.82, 2.24) is 5.32 Å². The van der Waals surface area contributed by atoms with Gasteiger partial charge in [0, 0.05) is 13.2 Å². The van der Waals surface area contributed by atoms with Gasteiger partial charge in [-0.1, -0.05) is 12.8 Å². The fourth-order valence-electron chi connectivity index (χ4n) is 2.68. The SMILES string of the molecule is Cc1cc(C(=O)NCC2CCCCC2CO)sc1Br. The highest BCUT2D eigenvalue weighted by molar-refractivity contribution is 9.11. The molecular weight excluding hydrogens is 326 g/mol. The Labute approximate surface area is 126 Å². The van der Waals surface area contributed by atoms with Crippen LogP contribution in [0.1, 0.15) is 40.9 Å². The van der Waals surface area contributed by atoms with Crippen LogP contribution in [0.15, 0.2) is 9.85 Å². The summed E-state index contributed by atoms with van der Waals surface area (Å²) in [6.07, 6.45) is 4.60. The van der Waals surface area contributed by atoms with Crippen molar-refractivity contribution in [3.8, 4) is 0 Å². The van der Waals surface area contributed by atoms with Crippen LogP contribution in [0.25, 0.3) is 0 Å². The van der Waals surface area contributed by atoms with Gasteiger partial charge in [-0.3, -0.25) is 4.79 Å². The van der Waals surface area contributed by atoms with E-state index >= 15 is 0 Å². The largest absolute Gasteiger partial charge is 0.396 e. The summed E-state index contributed by atoms with van der Waals surface area (Å²) in [6, 6.07) is 1.91. The first kappa shape index (κ1) is 15.0. The molecule has 1 aliphatic rings. The molecule has 19 heavy (non-hydrogen) atoms. The van der Waals surface area contributed by atoms with Crippen molar-refractivity contribution in [3.05, 3.63) is 20.3 Å². The number of carbonyl (C=O) groups excluding carboxylic acids is 1. The van der Waals surface area contributed by atoms with Crippen molar-refractivity contribution in [2.24, 2.45) is 11.8 Å². The summed E-state index contributed by atoms with van der Waals surface area (Å²) in [4.78, 5) is 12.8. The molecule has 2 atom stereocenters. The number of aryl methyl sites for hydroxylation is 1. The molecule has 0 spiro atoms. The van der Waals surface area contributed by atoms with Crippen molar-refractivity contribution in [3.63, 3.8) is 0 Å². The summed E-state index contributed by atoms with van der Waals surface area (Å²) in [5.74, 6) is 0.777. The van der Waals surface area contributed by atoms with Crippen molar-refractivity contribution < 1.29 is 9.90 Å². The molecule has 2 rings (SSSR count). The van der Waals surface area contributed by atoms with Gasteiger partial charge in [0.15, 0.2) is 0 Å². The maximum Gasteiger partial charge on any atom is 0.261 e. The molecule has 1 heterocycles. The molecule has 0 aliphatic heterocycles. The lowest BCUT2D eigenvalue weighted by Crippen LogP contribution is -2.35. The fourth-order valence-corrected chi connectivity index (χ4v) is 4.13. The van der Waals surface area contributed by atoms with Gasteiger partial charge in [-0.25, -0.2) is 0 Å². The van der Waals surface area contributed by atoms with Crippen LogP contribution >= 0.6 is 27.3 Å². The average molecular weight is 346 g/mol. The maximum atomic E-state index is 12.1. The van der Waals surface area contributed by atoms with Crippen LogP contribution in [-0.2, 0) is 0 Å². The maximum absolute atomic E-state index is 12.1. The smallest absolute Gasteiger partial charge is 0.261 e. The summed E-state index contributed by atoms with van der Waals surface area (Å²) in [5.41, 5.74) is 1.10. The molecule has 106 valence electrons. The normalized spacial score (nSPS) is 23.3. The summed E-state index contributed by atoms with van der Waals surface area (Å²) in [7, 11) is 0. The Morgan fingerprint density at radius 3 is 2.74 bits per heavy atom. The molecule has 1 aromatic rings. The molecule has 2 unspecified atom stereocenters. The highest BCUT2D eigenvalue weighted by Gasteiger charge is 2.25. The molecule has 3 nitrogen and oxygen atoms in total. The predicted octanol–water partition coefficient (Wildman–Crippen LogP) is 3.35. The highest BCUT2D eigenvalue weighted by Crippen LogP contribution is 2.30. The minimum atomic E-state index is 0.000985. The lowest BCUT2D eigenvalue weighted by molar-refractivity contribution is 0.0913. The average Bonchev–Trinajstić information content (AvgIpc) is 2.76. The van der Waals surface area contributed by atoms with Crippen LogP contribution < -0.4 is 5.32 Å². The van der Waals surface area contributed by atoms with E-state index in [0.717, 1.165) is 27.1 Å². The van der Waals surface area contributed by atoms with Crippen LogP contribution in [-0.4, -0.2) is 24.2 Å². The number of rotatable bonds is 4. The van der Waals surface area contributed by atoms with Crippen LogP contribution in [0, 0.1) is 18.8 Å². The van der Waals surface area contributed by atoms with Crippen molar-refractivity contribution in [2.75, 3.05) is 13.2 Å². The standard InChI is InChI=1S/C14H20BrNO2S/c1-9-6-12(19-13(9)15)14(18)16-7-10-4-2-3-5-11(10)8-17/h6,10-11,17H,2-5,7-8H2,1H3,(H,16,18). The zero-order valence-electron chi connectivity index (χ0n) is 11.1. The van der Waals surface area contributed by atoms with Gasteiger partial charge in [0.05, 0.1) is 8.66 Å². The number of nitrogens with one attached hydrogen (secondary N) is 1. The topological polar surface area (TPSA) is 49.3 Å². The Balaban J connectivity index is 1.89. The molecule has 5 heteroatoms. The van der Waals surface area contributed by atoms with Gasteiger partial charge < -0.3 is 10.4 Å². The zero-order chi connectivity index (χ0) is 13.8. The van der Waals surface area contributed by atoms with E-state index in [1.54, 1.807) is 0 Å². The van der Waals surface area contributed by atoms with Gasteiger partial charge in [0.2, 0.25) is 0 Å². The quantitative estimate of drug-likeness (QED) is 0.878. The number of carbonyl (C=O) groups is 1. The van der Waals surface area contributed by atoms with E-state index in [4.69, 9.17) is 0 Å². The summed E-state index contributed by atoms with van der Waals surface area (Å²) < 4.78 is 1.02. The molecule has 0 radical (unpaired) electrons. The van der Waals surface area contributed by atoms with Gasteiger partial charge in [0.25, 0.3) is 5.91 Å². The molecule has 1 aromatic heterocycles. The van der Waals surface area contributed by atoms with Crippen LogP contribution in [0.3, 0.4) is 0 Å². The Hall–Kier alpha value is -0.390. The van der Waals surface area contributed by atoms with Crippen molar-refractivity contribution >= 4 is 33.2 Å². The zero-order valence-corrected chi connectivity index (χ0v) is 13.5. The van der Waals surface area contributed by atoms with Crippen LogP contribution in [0.2, 0.25) is 0 Å². The van der Waals surface area contributed by atoms with E-state index in [-0.39, 0.29) is 12.5 Å². The Morgan fingerprint density at radius 2 is 2.16 bits per heavy atom. The molecular formula is C14H20BrNO2S. The van der Waals surface area contributed by atoms with Gasteiger partial charge in [0.1, 0.15) is 0 Å². The van der Waals surface area contributed by atoms with E-state index in [2.05, 4.69) is 21.2 Å². The van der Waals surface area contributed by atoms with Crippen LogP contribution in [0.5, 0.6) is 0 Å². The predicted molar refractivity (Wildman–Crippen MR) is 81.6 cm³/mol. The first-order valence-corrected chi connectivity index (χ1v) is 8.37. The summed E-state index contributed by atoms with van der Waals surface area (Å²) in [6.45, 7) is 2.91. The van der Waals surface area contributed by atoms with E-state index in [1.807, 2.05) is 13.0 Å². The van der Waals surface area contributed by atoms with E-state index < -0.39 is 0 Å². The van der Waals surface area contributed by atoms with Crippen molar-refractivity contribution in [2.45, 2.75) is 32.6 Å². The van der Waals surface area contributed by atoms with Gasteiger partial charge in [-0.05, 0) is 59.2 Å². The number of halogens is 1. The highest BCUT2D eigenvalue weighted by atomic mass is 79.9. The van der Waals surface area contributed by atoms with Crippen molar-refractivity contribution in [1.29, 1.82) is 0 Å².